The lowest BCUT2D eigenvalue weighted by atomic mass is 10.1. The van der Waals surface area contributed by atoms with E-state index in [4.69, 9.17) is 4.98 Å². The molecule has 3 aromatic rings. The maximum atomic E-state index is 13.5. The number of aromatic nitrogens is 2. The second-order valence-electron chi connectivity index (χ2n) is 6.78. The summed E-state index contributed by atoms with van der Waals surface area (Å²) in [6.07, 6.45) is 5.35. The highest BCUT2D eigenvalue weighted by molar-refractivity contribution is 7.18. The van der Waals surface area contributed by atoms with E-state index < -0.39 is 0 Å². The summed E-state index contributed by atoms with van der Waals surface area (Å²) in [6, 6.07) is 11.4. The third-order valence-corrected chi connectivity index (χ3v) is 5.89. The molecule has 4 nitrogen and oxygen atoms in total. The van der Waals surface area contributed by atoms with Crippen molar-refractivity contribution in [1.29, 1.82) is 0 Å². The lowest BCUT2D eigenvalue weighted by molar-refractivity contribution is 0.162. The van der Waals surface area contributed by atoms with Crippen molar-refractivity contribution in [2.24, 2.45) is 0 Å². The van der Waals surface area contributed by atoms with Gasteiger partial charge in [-0.25, -0.2) is 9.37 Å². The van der Waals surface area contributed by atoms with Crippen LogP contribution >= 0.6 is 11.3 Å². The molecule has 0 aliphatic carbocycles. The molecule has 0 amide bonds. The van der Waals surface area contributed by atoms with Crippen LogP contribution in [0.15, 0.2) is 42.6 Å². The highest BCUT2D eigenvalue weighted by atomic mass is 32.1. The molecule has 0 spiro atoms. The summed E-state index contributed by atoms with van der Waals surface area (Å²) in [7, 11) is 0. The molecular weight excluding hydrogens is 347 g/mol. The summed E-state index contributed by atoms with van der Waals surface area (Å²) in [6.45, 7) is 3.74. The van der Waals surface area contributed by atoms with Gasteiger partial charge < -0.3 is 5.32 Å². The fourth-order valence-corrected chi connectivity index (χ4v) is 4.59. The highest BCUT2D eigenvalue weighted by Gasteiger charge is 2.22. The second kappa shape index (κ2) is 8.20. The molecule has 136 valence electrons. The van der Waals surface area contributed by atoms with Crippen LogP contribution in [-0.2, 0) is 13.1 Å². The van der Waals surface area contributed by atoms with Gasteiger partial charge in [0, 0.05) is 18.8 Å². The Morgan fingerprint density at radius 3 is 3.00 bits per heavy atom. The number of hydrogen-bond donors (Lipinski definition) is 1. The monoisotopic (exact) mass is 370 g/mol. The van der Waals surface area contributed by atoms with Gasteiger partial charge in [-0.2, -0.15) is 0 Å². The van der Waals surface area contributed by atoms with Gasteiger partial charge in [0.05, 0.1) is 22.5 Å². The Balaban J connectivity index is 1.58. The summed E-state index contributed by atoms with van der Waals surface area (Å²) < 4.78 is 14.4. The zero-order chi connectivity index (χ0) is 17.8. The van der Waals surface area contributed by atoms with Gasteiger partial charge in [-0.1, -0.05) is 6.07 Å². The minimum atomic E-state index is -0.201. The Labute approximate surface area is 157 Å². The number of halogens is 1. The van der Waals surface area contributed by atoms with Crippen LogP contribution in [-0.4, -0.2) is 34.0 Å². The van der Waals surface area contributed by atoms with Crippen molar-refractivity contribution in [3.05, 3.63) is 59.1 Å². The van der Waals surface area contributed by atoms with Gasteiger partial charge in [-0.15, -0.1) is 11.3 Å². The van der Waals surface area contributed by atoms with Crippen LogP contribution in [0.25, 0.3) is 10.2 Å². The summed E-state index contributed by atoms with van der Waals surface area (Å²) in [5.74, 6) is -0.201. The van der Waals surface area contributed by atoms with E-state index in [1.165, 1.54) is 18.9 Å². The number of benzene rings is 1. The molecule has 1 saturated heterocycles. The van der Waals surface area contributed by atoms with Gasteiger partial charge in [0.1, 0.15) is 10.8 Å². The number of hydrogen-bond acceptors (Lipinski definition) is 5. The normalized spacial score (nSPS) is 18.3. The molecule has 3 heterocycles. The number of nitrogens with zero attached hydrogens (tertiary/aromatic N) is 3. The number of pyridine rings is 1. The fourth-order valence-electron chi connectivity index (χ4n) is 3.57. The largest absolute Gasteiger partial charge is 0.317 e. The average molecular weight is 370 g/mol. The molecule has 1 aliphatic rings. The zero-order valence-corrected chi connectivity index (χ0v) is 15.5. The molecule has 2 aromatic heterocycles. The van der Waals surface area contributed by atoms with E-state index in [9.17, 15) is 4.39 Å². The molecule has 26 heavy (non-hydrogen) atoms. The zero-order valence-electron chi connectivity index (χ0n) is 14.7. The van der Waals surface area contributed by atoms with Crippen LogP contribution in [0.3, 0.4) is 0 Å². The van der Waals surface area contributed by atoms with E-state index in [-0.39, 0.29) is 5.82 Å². The van der Waals surface area contributed by atoms with E-state index in [2.05, 4.69) is 21.3 Å². The summed E-state index contributed by atoms with van der Waals surface area (Å²) in [5.41, 5.74) is 1.96. The lowest BCUT2D eigenvalue weighted by Gasteiger charge is -2.30. The van der Waals surface area contributed by atoms with Crippen molar-refractivity contribution in [2.45, 2.75) is 38.4 Å². The highest BCUT2D eigenvalue weighted by Crippen LogP contribution is 2.26. The molecule has 6 heteroatoms. The Hall–Kier alpha value is -1.89. The number of nitrogens with one attached hydrogen (secondary N) is 1. The summed E-state index contributed by atoms with van der Waals surface area (Å²) in [5, 5.41) is 4.53. The van der Waals surface area contributed by atoms with Crippen LogP contribution < -0.4 is 5.32 Å². The predicted octanol–water partition coefficient (Wildman–Crippen LogP) is 3.97. The Morgan fingerprint density at radius 2 is 2.12 bits per heavy atom. The van der Waals surface area contributed by atoms with Crippen LogP contribution in [0.5, 0.6) is 0 Å². The molecule has 0 radical (unpaired) electrons. The Bertz CT molecular complexity index is 843. The molecule has 0 bridgehead atoms. The van der Waals surface area contributed by atoms with Crippen LogP contribution in [0.2, 0.25) is 0 Å². The molecule has 1 unspecified atom stereocenters. The molecule has 1 atom stereocenters. The maximum Gasteiger partial charge on any atom is 0.124 e. The maximum absolute atomic E-state index is 13.5. The second-order valence-corrected chi connectivity index (χ2v) is 7.90. The van der Waals surface area contributed by atoms with Gasteiger partial charge >= 0.3 is 0 Å². The van der Waals surface area contributed by atoms with Crippen molar-refractivity contribution in [1.82, 2.24) is 20.2 Å². The topological polar surface area (TPSA) is 41.1 Å². The summed E-state index contributed by atoms with van der Waals surface area (Å²) in [4.78, 5) is 11.7. The Morgan fingerprint density at radius 1 is 1.15 bits per heavy atom. The van der Waals surface area contributed by atoms with E-state index >= 15 is 0 Å². The Kier molecular flexibility index (Phi) is 5.53. The number of rotatable bonds is 5. The smallest absolute Gasteiger partial charge is 0.124 e. The first-order valence-corrected chi connectivity index (χ1v) is 9.99. The molecular formula is C20H23FN4S. The fraction of sp³-hybridized carbons (Fsp3) is 0.400. The quantitative estimate of drug-likeness (QED) is 0.738. The first-order chi connectivity index (χ1) is 12.8. The van der Waals surface area contributed by atoms with Crippen LogP contribution in [0.1, 0.15) is 30.0 Å². The van der Waals surface area contributed by atoms with Crippen molar-refractivity contribution in [2.75, 3.05) is 13.1 Å². The first kappa shape index (κ1) is 17.5. The SMILES string of the molecule is Fc1ccc2nc(CN(Cc3ccccn3)C3CCCNCC3)sc2c1. The van der Waals surface area contributed by atoms with E-state index in [1.807, 2.05) is 18.3 Å². The van der Waals surface area contributed by atoms with Gasteiger partial charge in [-0.3, -0.25) is 9.88 Å². The predicted molar refractivity (Wildman–Crippen MR) is 104 cm³/mol. The minimum Gasteiger partial charge on any atom is -0.317 e. The van der Waals surface area contributed by atoms with E-state index in [1.54, 1.807) is 23.5 Å². The minimum absolute atomic E-state index is 0.201. The van der Waals surface area contributed by atoms with E-state index in [0.717, 1.165) is 53.5 Å². The van der Waals surface area contributed by atoms with Gasteiger partial charge in [0.15, 0.2) is 0 Å². The molecule has 4 rings (SSSR count). The van der Waals surface area contributed by atoms with Crippen molar-refractivity contribution < 1.29 is 4.39 Å². The van der Waals surface area contributed by atoms with Gasteiger partial charge in [0.25, 0.3) is 0 Å². The van der Waals surface area contributed by atoms with Crippen molar-refractivity contribution >= 4 is 21.6 Å². The average Bonchev–Trinajstić information content (AvgIpc) is 2.86. The van der Waals surface area contributed by atoms with Crippen LogP contribution in [0, 0.1) is 5.82 Å². The standard InChI is InChI=1S/C20H23FN4S/c21-15-6-7-18-19(12-15)26-20(24-18)14-25(13-16-4-1-2-10-23-16)17-5-3-9-22-11-8-17/h1-2,4,6-7,10,12,17,22H,3,5,8-9,11,13-14H2. The van der Waals surface area contributed by atoms with Crippen molar-refractivity contribution in [3.8, 4) is 0 Å². The first-order valence-electron chi connectivity index (χ1n) is 9.17. The number of thiazole rings is 1. The molecule has 1 aromatic carbocycles. The number of fused-ring (bicyclic) bond motifs is 1. The summed E-state index contributed by atoms with van der Waals surface area (Å²) >= 11 is 1.59. The third kappa shape index (κ3) is 4.26. The van der Waals surface area contributed by atoms with Crippen LogP contribution in [0.4, 0.5) is 4.39 Å². The lowest BCUT2D eigenvalue weighted by Crippen LogP contribution is -2.35. The van der Waals surface area contributed by atoms with Gasteiger partial charge in [0.2, 0.25) is 0 Å². The molecule has 1 fully saturated rings. The molecule has 1 N–H and O–H groups in total. The van der Waals surface area contributed by atoms with Crippen molar-refractivity contribution in [3.63, 3.8) is 0 Å². The molecule has 0 saturated carbocycles. The van der Waals surface area contributed by atoms with Gasteiger partial charge in [-0.05, 0) is 62.7 Å². The molecule has 1 aliphatic heterocycles. The van der Waals surface area contributed by atoms with E-state index in [0.29, 0.717) is 6.04 Å². The third-order valence-electron chi connectivity index (χ3n) is 4.89.